The minimum atomic E-state index is -3.30. The van der Waals surface area contributed by atoms with Crippen molar-refractivity contribution in [3.05, 3.63) is 83.8 Å². The summed E-state index contributed by atoms with van der Waals surface area (Å²) in [7, 11) is -3.30. The minimum absolute atomic E-state index is 0.149. The number of hydrogen-bond acceptors (Lipinski definition) is 5. The molecule has 7 nitrogen and oxygen atoms in total. The molecule has 0 aliphatic carbocycles. The number of benzene rings is 2. The first kappa shape index (κ1) is 22.3. The Morgan fingerprint density at radius 3 is 2.59 bits per heavy atom. The first-order valence-electron chi connectivity index (χ1n) is 10.8. The number of sulfonamides is 1. The number of carbonyl (C=O) groups excluding carboxylic acids is 1. The minimum Gasteiger partial charge on any atom is -0.322 e. The van der Waals surface area contributed by atoms with E-state index in [1.54, 1.807) is 61.1 Å². The van der Waals surface area contributed by atoms with Crippen LogP contribution in [0.2, 0.25) is 5.02 Å². The van der Waals surface area contributed by atoms with E-state index in [2.05, 4.69) is 15.3 Å². The molecule has 9 heteroatoms. The number of carbonyl (C=O) groups is 1. The predicted molar refractivity (Wildman–Crippen MR) is 135 cm³/mol. The summed E-state index contributed by atoms with van der Waals surface area (Å²) in [6, 6.07) is 15.6. The fourth-order valence-corrected chi connectivity index (χ4v) is 5.92. The van der Waals surface area contributed by atoms with E-state index in [-0.39, 0.29) is 11.7 Å². The van der Waals surface area contributed by atoms with Gasteiger partial charge in [0.05, 0.1) is 22.2 Å². The van der Waals surface area contributed by atoms with Crippen LogP contribution in [0.25, 0.3) is 22.0 Å². The summed E-state index contributed by atoms with van der Waals surface area (Å²) >= 11 is 6.47. The third-order valence-corrected chi connectivity index (χ3v) is 8.01. The molecule has 0 radical (unpaired) electrons. The number of pyridine rings is 2. The topological polar surface area (TPSA) is 92.3 Å². The maximum Gasteiger partial charge on any atom is 0.255 e. The van der Waals surface area contributed by atoms with Crippen LogP contribution in [0.15, 0.2) is 73.2 Å². The second-order valence-corrected chi connectivity index (χ2v) is 10.5. The van der Waals surface area contributed by atoms with Crippen LogP contribution in [-0.2, 0) is 10.0 Å². The van der Waals surface area contributed by atoms with Crippen LogP contribution in [0.3, 0.4) is 0 Å². The normalized spacial score (nSPS) is 15.3. The van der Waals surface area contributed by atoms with E-state index >= 15 is 0 Å². The molecule has 2 aromatic heterocycles. The standard InChI is InChI=1S/C25H21ClN4O3S/c26-23-8-5-19(15-21(23)24-22-16-27-11-9-17(22)10-12-28-24)29-25(31)18-3-6-20(7-4-18)30-13-1-2-14-34(30,32)33/h3-12,15-16H,1-2,13-14H2,(H,29,31). The smallest absolute Gasteiger partial charge is 0.255 e. The number of nitrogens with zero attached hydrogens (tertiary/aromatic N) is 3. The highest BCUT2D eigenvalue weighted by molar-refractivity contribution is 7.92. The maximum atomic E-state index is 12.9. The molecule has 1 N–H and O–H groups in total. The van der Waals surface area contributed by atoms with Crippen molar-refractivity contribution >= 4 is 49.7 Å². The molecule has 1 saturated heterocycles. The Kier molecular flexibility index (Phi) is 5.93. The largest absolute Gasteiger partial charge is 0.322 e. The summed E-state index contributed by atoms with van der Waals surface area (Å²) in [4.78, 5) is 21.6. The number of halogens is 1. The van der Waals surface area contributed by atoms with E-state index in [9.17, 15) is 13.2 Å². The van der Waals surface area contributed by atoms with E-state index in [0.717, 1.165) is 17.2 Å². The zero-order valence-electron chi connectivity index (χ0n) is 18.1. The number of hydrogen-bond donors (Lipinski definition) is 1. The van der Waals surface area contributed by atoms with Crippen LogP contribution < -0.4 is 9.62 Å². The summed E-state index contributed by atoms with van der Waals surface area (Å²) in [5, 5.41) is 5.24. The highest BCUT2D eigenvalue weighted by Crippen LogP contribution is 2.33. The Labute approximate surface area is 202 Å². The molecule has 5 rings (SSSR count). The average Bonchev–Trinajstić information content (AvgIpc) is 2.85. The van der Waals surface area contributed by atoms with Gasteiger partial charge in [0.1, 0.15) is 0 Å². The fourth-order valence-electron chi connectivity index (χ4n) is 4.07. The van der Waals surface area contributed by atoms with Gasteiger partial charge in [-0.15, -0.1) is 0 Å². The molecule has 1 aliphatic heterocycles. The fraction of sp³-hybridized carbons (Fsp3) is 0.160. The molecule has 1 aliphatic rings. The second-order valence-electron chi connectivity index (χ2n) is 8.05. The molecule has 0 spiro atoms. The Morgan fingerprint density at radius 1 is 1.00 bits per heavy atom. The van der Waals surface area contributed by atoms with Gasteiger partial charge in [0.25, 0.3) is 5.91 Å². The Bertz CT molecular complexity index is 1480. The summed E-state index contributed by atoms with van der Waals surface area (Å²) in [6.45, 7) is 0.457. The summed E-state index contributed by atoms with van der Waals surface area (Å²) in [6.07, 6.45) is 6.66. The summed E-state index contributed by atoms with van der Waals surface area (Å²) in [5.41, 5.74) is 2.92. The lowest BCUT2D eigenvalue weighted by molar-refractivity contribution is 0.102. The van der Waals surface area contributed by atoms with Crippen LogP contribution in [0, 0.1) is 0 Å². The molecule has 1 amide bonds. The van der Waals surface area contributed by atoms with Crippen LogP contribution >= 0.6 is 11.6 Å². The van der Waals surface area contributed by atoms with Gasteiger partial charge in [-0.3, -0.25) is 19.1 Å². The maximum absolute atomic E-state index is 12.9. The first-order valence-corrected chi connectivity index (χ1v) is 12.8. The predicted octanol–water partition coefficient (Wildman–Crippen LogP) is 5.13. The van der Waals surface area contributed by atoms with Crippen LogP contribution in [0.4, 0.5) is 11.4 Å². The van der Waals surface area contributed by atoms with Crippen molar-refractivity contribution in [2.24, 2.45) is 0 Å². The summed E-state index contributed by atoms with van der Waals surface area (Å²) < 4.78 is 26.1. The molecule has 0 atom stereocenters. The average molecular weight is 493 g/mol. The molecule has 172 valence electrons. The zero-order valence-corrected chi connectivity index (χ0v) is 19.7. The third kappa shape index (κ3) is 4.34. The van der Waals surface area contributed by atoms with Crippen molar-refractivity contribution in [3.63, 3.8) is 0 Å². The molecule has 2 aromatic carbocycles. The van der Waals surface area contributed by atoms with Crippen LogP contribution in [0.5, 0.6) is 0 Å². The SMILES string of the molecule is O=C(Nc1ccc(Cl)c(-c2nccc3ccncc23)c1)c1ccc(N2CCCCS2(=O)=O)cc1. The molecule has 34 heavy (non-hydrogen) atoms. The Balaban J connectivity index is 1.39. The molecule has 0 saturated carbocycles. The Morgan fingerprint density at radius 2 is 1.79 bits per heavy atom. The van der Waals surface area contributed by atoms with Gasteiger partial charge in [0.15, 0.2) is 0 Å². The molecular formula is C25H21ClN4O3S. The van der Waals surface area contributed by atoms with Crippen molar-refractivity contribution in [2.45, 2.75) is 12.8 Å². The molecule has 0 unspecified atom stereocenters. The van der Waals surface area contributed by atoms with Gasteiger partial charge in [0, 0.05) is 47.3 Å². The molecule has 1 fully saturated rings. The van der Waals surface area contributed by atoms with Gasteiger partial charge in [-0.2, -0.15) is 0 Å². The summed E-state index contributed by atoms with van der Waals surface area (Å²) in [5.74, 6) is -0.163. The monoisotopic (exact) mass is 492 g/mol. The lowest BCUT2D eigenvalue weighted by Crippen LogP contribution is -2.37. The number of anilines is 2. The van der Waals surface area contributed by atoms with E-state index < -0.39 is 10.0 Å². The first-order chi connectivity index (χ1) is 16.4. The number of aromatic nitrogens is 2. The van der Waals surface area contributed by atoms with Gasteiger partial charge >= 0.3 is 0 Å². The zero-order chi connectivity index (χ0) is 23.7. The van der Waals surface area contributed by atoms with Crippen molar-refractivity contribution in [2.75, 3.05) is 21.9 Å². The number of nitrogens with one attached hydrogen (secondary N) is 1. The number of rotatable bonds is 4. The molecule has 0 bridgehead atoms. The van der Waals surface area contributed by atoms with E-state index in [0.29, 0.717) is 46.2 Å². The quantitative estimate of drug-likeness (QED) is 0.426. The van der Waals surface area contributed by atoms with E-state index in [1.165, 1.54) is 4.31 Å². The van der Waals surface area contributed by atoms with Crippen molar-refractivity contribution < 1.29 is 13.2 Å². The van der Waals surface area contributed by atoms with E-state index in [1.807, 2.05) is 12.1 Å². The second kappa shape index (κ2) is 9.04. The van der Waals surface area contributed by atoms with Crippen molar-refractivity contribution in [3.8, 4) is 11.3 Å². The lowest BCUT2D eigenvalue weighted by atomic mass is 10.0. The van der Waals surface area contributed by atoms with Gasteiger partial charge in [-0.25, -0.2) is 8.42 Å². The van der Waals surface area contributed by atoms with Gasteiger partial charge in [-0.1, -0.05) is 11.6 Å². The van der Waals surface area contributed by atoms with Crippen LogP contribution in [-0.4, -0.2) is 36.6 Å². The van der Waals surface area contributed by atoms with Gasteiger partial charge in [0.2, 0.25) is 10.0 Å². The van der Waals surface area contributed by atoms with E-state index in [4.69, 9.17) is 11.6 Å². The lowest BCUT2D eigenvalue weighted by Gasteiger charge is -2.28. The van der Waals surface area contributed by atoms with Crippen molar-refractivity contribution in [1.29, 1.82) is 0 Å². The highest BCUT2D eigenvalue weighted by Gasteiger charge is 2.26. The van der Waals surface area contributed by atoms with Gasteiger partial charge < -0.3 is 5.32 Å². The van der Waals surface area contributed by atoms with Crippen LogP contribution in [0.1, 0.15) is 23.2 Å². The van der Waals surface area contributed by atoms with Crippen molar-refractivity contribution in [1.82, 2.24) is 9.97 Å². The molecule has 4 aromatic rings. The third-order valence-electron chi connectivity index (χ3n) is 5.81. The molecule has 3 heterocycles. The highest BCUT2D eigenvalue weighted by atomic mass is 35.5. The number of fused-ring (bicyclic) bond motifs is 1. The molecular weight excluding hydrogens is 472 g/mol. The van der Waals surface area contributed by atoms with Gasteiger partial charge in [-0.05, 0) is 72.8 Å². The Hall–Kier alpha value is -3.49. The number of amides is 1.